The number of nitrogens with zero attached hydrogens (tertiary/aromatic N) is 3. The van der Waals surface area contributed by atoms with Crippen molar-refractivity contribution in [2.75, 3.05) is 0 Å². The van der Waals surface area contributed by atoms with Gasteiger partial charge in [-0.15, -0.1) is 0 Å². The molecular weight excluding hydrogens is 444 g/mol. The number of esters is 1. The Hall–Kier alpha value is -3.91. The topological polar surface area (TPSA) is 101 Å². The maximum absolute atomic E-state index is 13.3. The fourth-order valence-corrected chi connectivity index (χ4v) is 3.89. The van der Waals surface area contributed by atoms with Crippen molar-refractivity contribution in [2.45, 2.75) is 25.5 Å². The van der Waals surface area contributed by atoms with E-state index in [2.05, 4.69) is 15.3 Å². The van der Waals surface area contributed by atoms with E-state index in [4.69, 9.17) is 20.8 Å². The monoisotopic (exact) mass is 462 g/mol. The number of ether oxygens (including phenoxy) is 1. The maximum Gasteiger partial charge on any atom is 0.338 e. The zero-order chi connectivity index (χ0) is 22.9. The molecule has 2 atom stereocenters. The highest BCUT2D eigenvalue weighted by Gasteiger charge is 2.38. The van der Waals surface area contributed by atoms with Gasteiger partial charge < -0.3 is 9.15 Å². The first-order valence-electron chi connectivity index (χ1n) is 10.3. The third-order valence-electron chi connectivity index (χ3n) is 5.49. The van der Waals surface area contributed by atoms with Crippen LogP contribution in [0.25, 0.3) is 10.9 Å². The lowest BCUT2D eigenvalue weighted by molar-refractivity contribution is -0.142. The van der Waals surface area contributed by atoms with Gasteiger partial charge in [0.2, 0.25) is 0 Å². The van der Waals surface area contributed by atoms with Gasteiger partial charge in [-0.25, -0.2) is 9.80 Å². The number of furan rings is 1. The minimum atomic E-state index is -1.05. The first kappa shape index (κ1) is 21.0. The summed E-state index contributed by atoms with van der Waals surface area (Å²) in [6, 6.07) is 15.4. The summed E-state index contributed by atoms with van der Waals surface area (Å²) in [6.45, 7) is 1.53. The number of aromatic amines is 1. The fourth-order valence-electron chi connectivity index (χ4n) is 3.77. The van der Waals surface area contributed by atoms with Crippen molar-refractivity contribution in [1.82, 2.24) is 15.2 Å². The van der Waals surface area contributed by atoms with E-state index in [0.29, 0.717) is 28.5 Å². The predicted octanol–water partition coefficient (Wildman–Crippen LogP) is 4.73. The van der Waals surface area contributed by atoms with Crippen LogP contribution in [0.2, 0.25) is 5.02 Å². The van der Waals surface area contributed by atoms with E-state index in [9.17, 15) is 9.59 Å². The van der Waals surface area contributed by atoms with Crippen molar-refractivity contribution in [3.05, 3.63) is 89.0 Å². The third kappa shape index (κ3) is 4.12. The highest BCUT2D eigenvalue weighted by Crippen LogP contribution is 2.34. The number of amides is 1. The second-order valence-corrected chi connectivity index (χ2v) is 8.13. The van der Waals surface area contributed by atoms with Crippen molar-refractivity contribution in [1.29, 1.82) is 0 Å². The van der Waals surface area contributed by atoms with Gasteiger partial charge in [-0.2, -0.15) is 10.2 Å². The molecule has 166 valence electrons. The zero-order valence-corrected chi connectivity index (χ0v) is 18.3. The molecule has 5 rings (SSSR count). The molecule has 1 amide bonds. The molecule has 2 unspecified atom stereocenters. The minimum absolute atomic E-state index is 0.331. The van der Waals surface area contributed by atoms with Gasteiger partial charge in [0.1, 0.15) is 11.8 Å². The SMILES string of the molecule is CC(OC(=O)c1ccc2[nH]ncc2c1)C(=O)N1N=C(c2ccc(Cl)cc2)CC1c1ccco1. The molecule has 0 radical (unpaired) electrons. The van der Waals surface area contributed by atoms with Crippen LogP contribution in [0, 0.1) is 0 Å². The summed E-state index contributed by atoms with van der Waals surface area (Å²) in [7, 11) is 0. The number of aromatic nitrogens is 2. The number of carbonyl (C=O) groups is 2. The number of halogens is 1. The molecule has 2 aromatic heterocycles. The van der Waals surface area contributed by atoms with Gasteiger partial charge in [-0.1, -0.05) is 23.7 Å². The minimum Gasteiger partial charge on any atom is -0.467 e. The van der Waals surface area contributed by atoms with Crippen LogP contribution >= 0.6 is 11.6 Å². The van der Waals surface area contributed by atoms with Gasteiger partial charge in [-0.3, -0.25) is 9.89 Å². The predicted molar refractivity (Wildman–Crippen MR) is 122 cm³/mol. The fraction of sp³-hybridized carbons (Fsp3) is 0.167. The van der Waals surface area contributed by atoms with E-state index in [1.807, 2.05) is 12.1 Å². The van der Waals surface area contributed by atoms with Crippen molar-refractivity contribution < 1.29 is 18.7 Å². The molecule has 0 spiro atoms. The molecule has 3 heterocycles. The van der Waals surface area contributed by atoms with E-state index in [0.717, 1.165) is 16.5 Å². The van der Waals surface area contributed by atoms with Crippen molar-refractivity contribution >= 4 is 40.1 Å². The van der Waals surface area contributed by atoms with Crippen molar-refractivity contribution in [3.8, 4) is 0 Å². The van der Waals surface area contributed by atoms with Crippen LogP contribution in [0.3, 0.4) is 0 Å². The highest BCUT2D eigenvalue weighted by molar-refractivity contribution is 6.30. The lowest BCUT2D eigenvalue weighted by atomic mass is 10.0. The lowest BCUT2D eigenvalue weighted by Gasteiger charge is -2.23. The number of hydrazone groups is 1. The van der Waals surface area contributed by atoms with Crippen LogP contribution in [0.15, 0.2) is 76.6 Å². The Labute approximate surface area is 193 Å². The summed E-state index contributed by atoms with van der Waals surface area (Å²) in [5, 5.41) is 14.0. The Morgan fingerprint density at radius 2 is 2.03 bits per heavy atom. The molecule has 4 aromatic rings. The number of fused-ring (bicyclic) bond motifs is 1. The number of hydrogen-bond donors (Lipinski definition) is 1. The van der Waals surface area contributed by atoms with Crippen LogP contribution in [0.5, 0.6) is 0 Å². The lowest BCUT2D eigenvalue weighted by Crippen LogP contribution is -2.37. The molecule has 0 fully saturated rings. The van der Waals surface area contributed by atoms with Gasteiger partial charge in [-0.05, 0) is 55.0 Å². The van der Waals surface area contributed by atoms with Gasteiger partial charge in [0, 0.05) is 16.8 Å². The number of carbonyl (C=O) groups excluding carboxylic acids is 2. The summed E-state index contributed by atoms with van der Waals surface area (Å²) >= 11 is 6.00. The molecular formula is C24H19ClN4O4. The summed E-state index contributed by atoms with van der Waals surface area (Å²) in [6.07, 6.45) is 2.57. The van der Waals surface area contributed by atoms with E-state index >= 15 is 0 Å². The zero-order valence-electron chi connectivity index (χ0n) is 17.6. The summed E-state index contributed by atoms with van der Waals surface area (Å²) in [5.41, 5.74) is 2.70. The molecule has 33 heavy (non-hydrogen) atoms. The maximum atomic E-state index is 13.3. The molecule has 9 heteroatoms. The van der Waals surface area contributed by atoms with Crippen LogP contribution in [-0.4, -0.2) is 38.9 Å². The van der Waals surface area contributed by atoms with Crippen molar-refractivity contribution in [2.24, 2.45) is 5.10 Å². The molecule has 0 saturated heterocycles. The van der Waals surface area contributed by atoms with Gasteiger partial charge in [0.15, 0.2) is 6.10 Å². The Morgan fingerprint density at radius 3 is 2.79 bits per heavy atom. The smallest absolute Gasteiger partial charge is 0.338 e. The first-order chi connectivity index (χ1) is 16.0. The van der Waals surface area contributed by atoms with E-state index in [1.165, 1.54) is 11.9 Å². The number of hydrogen-bond acceptors (Lipinski definition) is 6. The highest BCUT2D eigenvalue weighted by atomic mass is 35.5. The van der Waals surface area contributed by atoms with Gasteiger partial charge >= 0.3 is 5.97 Å². The average molecular weight is 463 g/mol. The normalized spacial score (nSPS) is 16.6. The number of nitrogens with one attached hydrogen (secondary N) is 1. The molecule has 0 aliphatic carbocycles. The number of H-pyrrole nitrogens is 1. The summed E-state index contributed by atoms with van der Waals surface area (Å²) in [5.74, 6) is -0.451. The van der Waals surface area contributed by atoms with E-state index in [-0.39, 0.29) is 0 Å². The Kier molecular flexibility index (Phi) is 5.43. The molecule has 0 bridgehead atoms. The largest absolute Gasteiger partial charge is 0.467 e. The summed E-state index contributed by atoms with van der Waals surface area (Å²) < 4.78 is 11.0. The molecule has 8 nitrogen and oxygen atoms in total. The number of rotatable bonds is 5. The van der Waals surface area contributed by atoms with E-state index < -0.39 is 24.0 Å². The average Bonchev–Trinajstić information content (AvgIpc) is 3.58. The standard InChI is InChI=1S/C24H19ClN4O4/c1-14(33-24(31)16-6-9-19-17(11-16)13-26-27-19)23(30)29-21(22-3-2-10-32-22)12-20(28-29)15-4-7-18(25)8-5-15/h2-11,13-14,21H,12H2,1H3,(H,26,27). The summed E-state index contributed by atoms with van der Waals surface area (Å²) in [4.78, 5) is 26.0. The molecule has 1 aliphatic rings. The number of benzene rings is 2. The van der Waals surface area contributed by atoms with Gasteiger partial charge in [0.25, 0.3) is 5.91 Å². The molecule has 1 N–H and O–H groups in total. The molecule has 2 aromatic carbocycles. The van der Waals surface area contributed by atoms with Crippen LogP contribution in [0.1, 0.15) is 41.1 Å². The van der Waals surface area contributed by atoms with E-state index in [1.54, 1.807) is 54.9 Å². The van der Waals surface area contributed by atoms with Crippen LogP contribution in [-0.2, 0) is 9.53 Å². The Morgan fingerprint density at radius 1 is 1.21 bits per heavy atom. The second kappa shape index (κ2) is 8.55. The quantitative estimate of drug-likeness (QED) is 0.432. The molecule has 0 saturated carbocycles. The van der Waals surface area contributed by atoms with Crippen molar-refractivity contribution in [3.63, 3.8) is 0 Å². The Balaban J connectivity index is 1.37. The third-order valence-corrected chi connectivity index (χ3v) is 5.74. The Bertz CT molecular complexity index is 1340. The second-order valence-electron chi connectivity index (χ2n) is 7.69. The van der Waals surface area contributed by atoms with Crippen LogP contribution in [0.4, 0.5) is 0 Å². The van der Waals surface area contributed by atoms with Gasteiger partial charge in [0.05, 0.1) is 29.3 Å². The van der Waals surface area contributed by atoms with Crippen LogP contribution < -0.4 is 0 Å². The molecule has 1 aliphatic heterocycles. The first-order valence-corrected chi connectivity index (χ1v) is 10.7.